The molecule has 5 rings (SSSR count). The predicted molar refractivity (Wildman–Crippen MR) is 142 cm³/mol. The molecule has 0 radical (unpaired) electrons. The molecule has 168 valence electrons. The third-order valence-corrected chi connectivity index (χ3v) is 6.05. The van der Waals surface area contributed by atoms with Gasteiger partial charge in [-0.2, -0.15) is 0 Å². The summed E-state index contributed by atoms with van der Waals surface area (Å²) in [7, 11) is 0. The molecule has 4 aromatic rings. The van der Waals surface area contributed by atoms with Crippen LogP contribution in [0.3, 0.4) is 0 Å². The van der Waals surface area contributed by atoms with Gasteiger partial charge in [-0.3, -0.25) is 9.97 Å². The van der Waals surface area contributed by atoms with Crippen LogP contribution < -0.4 is 10.6 Å². The number of rotatable bonds is 3. The van der Waals surface area contributed by atoms with Gasteiger partial charge < -0.3 is 15.4 Å². The largest absolute Gasteiger partial charge is 0.399 e. The molecule has 7 heteroatoms. The molecule has 1 aliphatic heterocycles. The Morgan fingerprint density at radius 1 is 0.697 bits per heavy atom. The van der Waals surface area contributed by atoms with Crippen LogP contribution in [-0.2, 0) is 4.74 Å². The molecule has 1 aliphatic rings. The van der Waals surface area contributed by atoms with Gasteiger partial charge in [-0.1, -0.05) is 24.3 Å². The van der Waals surface area contributed by atoms with Crippen molar-refractivity contribution in [3.05, 3.63) is 94.4 Å². The van der Waals surface area contributed by atoms with E-state index >= 15 is 0 Å². The van der Waals surface area contributed by atoms with E-state index in [1.165, 1.54) is 11.3 Å². The van der Waals surface area contributed by atoms with Crippen LogP contribution in [0, 0.1) is 0 Å². The molecule has 1 saturated heterocycles. The standard InChI is InChI=1S/C15H15BrN2O.C11H9BrN2/c16-14-8-13(10-17-11-14)12-2-1-3-15(9-12)18-4-6-19-7-5-18;12-10-4-9(6-14-7-10)8-2-1-3-11(13)5-8/h1-3,8-11H,4-7H2;1-7H,13H2. The molecular formula is C26H24Br2N4O. The van der Waals surface area contributed by atoms with E-state index in [1.807, 2.05) is 42.7 Å². The SMILES string of the molecule is Brc1cncc(-c2cccc(N3CCOCC3)c2)c1.Nc1cccc(-c2cncc(Br)c2)c1. The molecule has 0 bridgehead atoms. The molecule has 3 heterocycles. The normalized spacial score (nSPS) is 13.2. The summed E-state index contributed by atoms with van der Waals surface area (Å²) in [6.45, 7) is 3.53. The molecule has 1 fully saturated rings. The van der Waals surface area contributed by atoms with E-state index in [2.05, 4.69) is 77.1 Å². The number of nitrogens with two attached hydrogens (primary N) is 1. The topological polar surface area (TPSA) is 64.3 Å². The van der Waals surface area contributed by atoms with Crippen LogP contribution in [0.2, 0.25) is 0 Å². The average Bonchev–Trinajstić information content (AvgIpc) is 2.85. The zero-order chi connectivity index (χ0) is 23.0. The first-order valence-corrected chi connectivity index (χ1v) is 12.2. The summed E-state index contributed by atoms with van der Waals surface area (Å²) in [6, 6.07) is 20.4. The van der Waals surface area contributed by atoms with Gasteiger partial charge in [-0.05, 0) is 79.4 Å². The number of hydrogen-bond acceptors (Lipinski definition) is 5. The molecular weight excluding hydrogens is 544 g/mol. The van der Waals surface area contributed by atoms with Crippen molar-refractivity contribution in [2.45, 2.75) is 0 Å². The molecule has 2 N–H and O–H groups in total. The predicted octanol–water partition coefficient (Wildman–Crippen LogP) is 6.44. The van der Waals surface area contributed by atoms with Crippen molar-refractivity contribution in [2.75, 3.05) is 36.9 Å². The van der Waals surface area contributed by atoms with E-state index in [9.17, 15) is 0 Å². The van der Waals surface area contributed by atoms with Gasteiger partial charge in [0.15, 0.2) is 0 Å². The molecule has 2 aromatic carbocycles. The van der Waals surface area contributed by atoms with Gasteiger partial charge in [-0.25, -0.2) is 0 Å². The maximum Gasteiger partial charge on any atom is 0.0642 e. The Kier molecular flexibility index (Phi) is 8.10. The Morgan fingerprint density at radius 2 is 1.27 bits per heavy atom. The minimum Gasteiger partial charge on any atom is -0.399 e. The summed E-state index contributed by atoms with van der Waals surface area (Å²) in [6.07, 6.45) is 7.27. The maximum atomic E-state index is 5.70. The van der Waals surface area contributed by atoms with E-state index in [0.717, 1.165) is 57.6 Å². The van der Waals surface area contributed by atoms with Gasteiger partial charge in [0.2, 0.25) is 0 Å². The van der Waals surface area contributed by atoms with Crippen LogP contribution >= 0.6 is 31.9 Å². The number of ether oxygens (including phenoxy) is 1. The van der Waals surface area contributed by atoms with E-state index in [1.54, 1.807) is 12.4 Å². The highest BCUT2D eigenvalue weighted by atomic mass is 79.9. The van der Waals surface area contributed by atoms with Crippen LogP contribution in [-0.4, -0.2) is 36.3 Å². The lowest BCUT2D eigenvalue weighted by atomic mass is 10.1. The van der Waals surface area contributed by atoms with Crippen LogP contribution in [0.5, 0.6) is 0 Å². The smallest absolute Gasteiger partial charge is 0.0642 e. The molecule has 0 spiro atoms. The monoisotopic (exact) mass is 566 g/mol. The number of nitrogen functional groups attached to an aromatic ring is 1. The quantitative estimate of drug-likeness (QED) is 0.289. The zero-order valence-corrected chi connectivity index (χ0v) is 21.2. The highest BCUT2D eigenvalue weighted by molar-refractivity contribution is 9.10. The first-order valence-electron chi connectivity index (χ1n) is 10.6. The lowest BCUT2D eigenvalue weighted by Gasteiger charge is -2.29. The third kappa shape index (κ3) is 6.63. The maximum absolute atomic E-state index is 5.70. The first kappa shape index (κ1) is 23.4. The molecule has 2 aromatic heterocycles. The van der Waals surface area contributed by atoms with Gasteiger partial charge in [0, 0.05) is 69.3 Å². The summed E-state index contributed by atoms with van der Waals surface area (Å²) >= 11 is 6.85. The van der Waals surface area contributed by atoms with Crippen molar-refractivity contribution in [3.63, 3.8) is 0 Å². The fourth-order valence-corrected chi connectivity index (χ4v) is 4.29. The van der Waals surface area contributed by atoms with E-state index in [-0.39, 0.29) is 0 Å². The Bertz CT molecular complexity index is 1170. The summed E-state index contributed by atoms with van der Waals surface area (Å²) in [4.78, 5) is 10.7. The second-order valence-corrected chi connectivity index (χ2v) is 9.39. The third-order valence-electron chi connectivity index (χ3n) is 5.19. The lowest BCUT2D eigenvalue weighted by molar-refractivity contribution is 0.122. The summed E-state index contributed by atoms with van der Waals surface area (Å²) < 4.78 is 7.37. The summed E-state index contributed by atoms with van der Waals surface area (Å²) in [5.41, 5.74) is 12.2. The molecule has 0 amide bonds. The van der Waals surface area contributed by atoms with Gasteiger partial charge in [0.25, 0.3) is 0 Å². The second kappa shape index (κ2) is 11.4. The Morgan fingerprint density at radius 3 is 1.85 bits per heavy atom. The number of anilines is 2. The Balaban J connectivity index is 0.000000165. The highest BCUT2D eigenvalue weighted by Gasteiger charge is 2.11. The van der Waals surface area contributed by atoms with Crippen LogP contribution in [0.4, 0.5) is 11.4 Å². The van der Waals surface area contributed by atoms with Crippen molar-refractivity contribution in [1.29, 1.82) is 0 Å². The molecule has 33 heavy (non-hydrogen) atoms. The molecule has 0 saturated carbocycles. The minimum absolute atomic E-state index is 0.766. The van der Waals surface area contributed by atoms with Crippen molar-refractivity contribution >= 4 is 43.2 Å². The summed E-state index contributed by atoms with van der Waals surface area (Å²) in [5, 5.41) is 0. The van der Waals surface area contributed by atoms with Crippen LogP contribution in [0.1, 0.15) is 0 Å². The highest BCUT2D eigenvalue weighted by Crippen LogP contribution is 2.26. The van der Waals surface area contributed by atoms with E-state index in [4.69, 9.17) is 10.5 Å². The molecule has 0 atom stereocenters. The van der Waals surface area contributed by atoms with Gasteiger partial charge in [-0.15, -0.1) is 0 Å². The van der Waals surface area contributed by atoms with E-state index in [0.29, 0.717) is 0 Å². The van der Waals surface area contributed by atoms with Gasteiger partial charge in [0.05, 0.1) is 13.2 Å². The number of halogens is 2. The van der Waals surface area contributed by atoms with Gasteiger partial charge >= 0.3 is 0 Å². The van der Waals surface area contributed by atoms with Crippen molar-refractivity contribution in [1.82, 2.24) is 9.97 Å². The number of hydrogen-bond donors (Lipinski definition) is 1. The molecule has 0 unspecified atom stereocenters. The van der Waals surface area contributed by atoms with Crippen molar-refractivity contribution in [2.24, 2.45) is 0 Å². The fraction of sp³-hybridized carbons (Fsp3) is 0.154. The van der Waals surface area contributed by atoms with Crippen LogP contribution in [0.25, 0.3) is 22.3 Å². The second-order valence-electron chi connectivity index (χ2n) is 7.56. The number of morpholine rings is 1. The zero-order valence-electron chi connectivity index (χ0n) is 18.0. The lowest BCUT2D eigenvalue weighted by Crippen LogP contribution is -2.36. The first-order chi connectivity index (χ1) is 16.1. The number of benzene rings is 2. The summed E-state index contributed by atoms with van der Waals surface area (Å²) in [5.74, 6) is 0. The van der Waals surface area contributed by atoms with Gasteiger partial charge in [0.1, 0.15) is 0 Å². The van der Waals surface area contributed by atoms with Crippen molar-refractivity contribution in [3.8, 4) is 22.3 Å². The molecule has 5 nitrogen and oxygen atoms in total. The Labute approximate surface area is 210 Å². The average molecular weight is 568 g/mol. The number of pyridine rings is 2. The number of aromatic nitrogens is 2. The molecule has 0 aliphatic carbocycles. The number of nitrogens with zero attached hydrogens (tertiary/aromatic N) is 3. The van der Waals surface area contributed by atoms with E-state index < -0.39 is 0 Å². The van der Waals surface area contributed by atoms with Crippen molar-refractivity contribution < 1.29 is 4.74 Å². The fourth-order valence-electron chi connectivity index (χ4n) is 3.56. The van der Waals surface area contributed by atoms with Crippen LogP contribution in [0.15, 0.2) is 94.4 Å². The minimum atomic E-state index is 0.766. The Hall–Kier alpha value is -2.74.